The summed E-state index contributed by atoms with van der Waals surface area (Å²) in [6.07, 6.45) is 1.51. The maximum absolute atomic E-state index is 13.6. The summed E-state index contributed by atoms with van der Waals surface area (Å²) >= 11 is 0. The van der Waals surface area contributed by atoms with E-state index in [-0.39, 0.29) is 11.4 Å². The van der Waals surface area contributed by atoms with Crippen LogP contribution in [-0.4, -0.2) is 10.9 Å². The molecule has 0 spiro atoms. The van der Waals surface area contributed by atoms with Crippen LogP contribution >= 0.6 is 0 Å². The minimum atomic E-state index is -0.830. The Balaban J connectivity index is 1.97. The van der Waals surface area contributed by atoms with Crippen molar-refractivity contribution in [1.82, 2.24) is 4.98 Å². The molecular weight excluding hydrogens is 274 g/mol. The third kappa shape index (κ3) is 2.58. The van der Waals surface area contributed by atoms with Gasteiger partial charge in [-0.3, -0.25) is 9.78 Å². The summed E-state index contributed by atoms with van der Waals surface area (Å²) in [4.78, 5) is 16.3. The largest absolute Gasteiger partial charge is 0.318 e. The summed E-state index contributed by atoms with van der Waals surface area (Å²) < 4.78 is 26.4. The van der Waals surface area contributed by atoms with Crippen molar-refractivity contribution in [1.29, 1.82) is 0 Å². The van der Waals surface area contributed by atoms with Gasteiger partial charge in [0.05, 0.1) is 5.69 Å². The summed E-state index contributed by atoms with van der Waals surface area (Å²) in [5.41, 5.74) is 0.105. The molecule has 1 amide bonds. The van der Waals surface area contributed by atoms with Crippen LogP contribution in [0.15, 0.2) is 54.7 Å². The molecular formula is C16H10F2N2O. The average Bonchev–Trinajstić information content (AvgIpc) is 2.49. The van der Waals surface area contributed by atoms with Gasteiger partial charge in [0.25, 0.3) is 5.91 Å². The zero-order valence-corrected chi connectivity index (χ0v) is 10.8. The molecule has 0 unspecified atom stereocenters. The van der Waals surface area contributed by atoms with Gasteiger partial charge in [-0.25, -0.2) is 8.78 Å². The first-order chi connectivity index (χ1) is 10.1. The number of pyridine rings is 1. The molecule has 3 nitrogen and oxygen atoms in total. The lowest BCUT2D eigenvalue weighted by atomic mass is 10.1. The first kappa shape index (κ1) is 13.2. The fourth-order valence-electron chi connectivity index (χ4n) is 2.07. The first-order valence-electron chi connectivity index (χ1n) is 6.25. The maximum Gasteiger partial charge on any atom is 0.274 e. The molecule has 0 aliphatic rings. The van der Waals surface area contributed by atoms with Crippen LogP contribution in [0.3, 0.4) is 0 Å². The van der Waals surface area contributed by atoms with E-state index in [1.54, 1.807) is 18.2 Å². The van der Waals surface area contributed by atoms with Crippen LogP contribution in [0.25, 0.3) is 10.8 Å². The van der Waals surface area contributed by atoms with Gasteiger partial charge in [0.2, 0.25) is 0 Å². The number of rotatable bonds is 2. The molecule has 2 aromatic carbocycles. The molecule has 0 aliphatic heterocycles. The van der Waals surface area contributed by atoms with E-state index in [0.717, 1.165) is 11.5 Å². The van der Waals surface area contributed by atoms with E-state index in [9.17, 15) is 13.6 Å². The van der Waals surface area contributed by atoms with Crippen LogP contribution < -0.4 is 5.32 Å². The summed E-state index contributed by atoms with van der Waals surface area (Å²) in [5.74, 6) is -2.07. The third-order valence-electron chi connectivity index (χ3n) is 3.07. The number of benzene rings is 2. The van der Waals surface area contributed by atoms with Crippen molar-refractivity contribution in [2.24, 2.45) is 0 Å². The number of carbonyl (C=O) groups excluding carboxylic acids is 1. The molecule has 0 fully saturated rings. The van der Waals surface area contributed by atoms with Gasteiger partial charge >= 0.3 is 0 Å². The molecule has 1 aromatic heterocycles. The van der Waals surface area contributed by atoms with E-state index in [0.29, 0.717) is 11.5 Å². The molecule has 3 aromatic rings. The normalized spacial score (nSPS) is 10.6. The standard InChI is InChI=1S/C16H10F2N2O/c17-11-5-6-14(13(18)9-11)20-16(21)15-12-4-2-1-3-10(12)7-8-19-15/h1-9H,(H,20,21). The van der Waals surface area contributed by atoms with E-state index in [1.165, 1.54) is 12.3 Å². The number of hydrogen-bond donors (Lipinski definition) is 1. The molecule has 0 aliphatic carbocycles. The predicted molar refractivity (Wildman–Crippen MR) is 76.1 cm³/mol. The van der Waals surface area contributed by atoms with E-state index < -0.39 is 17.5 Å². The van der Waals surface area contributed by atoms with Crippen LogP contribution in [0, 0.1) is 11.6 Å². The minimum Gasteiger partial charge on any atom is -0.318 e. The molecule has 104 valence electrons. The van der Waals surface area contributed by atoms with Crippen LogP contribution in [0.4, 0.5) is 14.5 Å². The van der Waals surface area contributed by atoms with Crippen molar-refractivity contribution in [2.75, 3.05) is 5.32 Å². The molecule has 0 saturated heterocycles. The lowest BCUT2D eigenvalue weighted by Gasteiger charge is -2.08. The fraction of sp³-hybridized carbons (Fsp3) is 0. The van der Waals surface area contributed by atoms with Crippen LogP contribution in [0.2, 0.25) is 0 Å². The Morgan fingerprint density at radius 2 is 1.86 bits per heavy atom. The van der Waals surface area contributed by atoms with Crippen molar-refractivity contribution >= 4 is 22.4 Å². The van der Waals surface area contributed by atoms with Crippen LogP contribution in [0.5, 0.6) is 0 Å². The number of carbonyl (C=O) groups is 1. The topological polar surface area (TPSA) is 42.0 Å². The number of fused-ring (bicyclic) bond motifs is 1. The Bertz CT molecular complexity index is 828. The van der Waals surface area contributed by atoms with E-state index in [1.807, 2.05) is 12.1 Å². The number of aromatic nitrogens is 1. The summed E-state index contributed by atoms with van der Waals surface area (Å²) in [6.45, 7) is 0. The van der Waals surface area contributed by atoms with Gasteiger partial charge in [0.15, 0.2) is 0 Å². The fourth-order valence-corrected chi connectivity index (χ4v) is 2.07. The SMILES string of the molecule is O=C(Nc1ccc(F)cc1F)c1nccc2ccccc12. The highest BCUT2D eigenvalue weighted by molar-refractivity contribution is 6.11. The number of anilines is 1. The lowest BCUT2D eigenvalue weighted by Crippen LogP contribution is -2.15. The Kier molecular flexibility index (Phi) is 3.31. The second-order valence-corrected chi connectivity index (χ2v) is 4.46. The Labute approximate surface area is 119 Å². The van der Waals surface area contributed by atoms with Crippen molar-refractivity contribution in [3.05, 3.63) is 72.1 Å². The summed E-state index contributed by atoms with van der Waals surface area (Å²) in [5, 5.41) is 3.93. The van der Waals surface area contributed by atoms with E-state index >= 15 is 0 Å². The van der Waals surface area contributed by atoms with E-state index in [4.69, 9.17) is 0 Å². The number of halogens is 2. The quantitative estimate of drug-likeness (QED) is 0.778. The number of nitrogens with zero attached hydrogens (tertiary/aromatic N) is 1. The molecule has 21 heavy (non-hydrogen) atoms. The second-order valence-electron chi connectivity index (χ2n) is 4.46. The first-order valence-corrected chi connectivity index (χ1v) is 6.25. The highest BCUT2D eigenvalue weighted by Crippen LogP contribution is 2.19. The molecule has 3 rings (SSSR count). The minimum absolute atomic E-state index is 0.0869. The molecule has 0 bridgehead atoms. The zero-order chi connectivity index (χ0) is 14.8. The van der Waals surface area contributed by atoms with Crippen LogP contribution in [-0.2, 0) is 0 Å². The van der Waals surface area contributed by atoms with Gasteiger partial charge in [-0.2, -0.15) is 0 Å². The van der Waals surface area contributed by atoms with E-state index in [2.05, 4.69) is 10.3 Å². The molecule has 1 heterocycles. The average molecular weight is 284 g/mol. The summed E-state index contributed by atoms with van der Waals surface area (Å²) in [6, 6.07) is 12.0. The highest BCUT2D eigenvalue weighted by atomic mass is 19.1. The predicted octanol–water partition coefficient (Wildman–Crippen LogP) is 3.77. The monoisotopic (exact) mass is 284 g/mol. The second kappa shape index (κ2) is 5.28. The molecule has 0 saturated carbocycles. The smallest absolute Gasteiger partial charge is 0.274 e. The number of hydrogen-bond acceptors (Lipinski definition) is 2. The zero-order valence-electron chi connectivity index (χ0n) is 10.8. The summed E-state index contributed by atoms with van der Waals surface area (Å²) in [7, 11) is 0. The Morgan fingerprint density at radius 1 is 1.05 bits per heavy atom. The Hall–Kier alpha value is -2.82. The maximum atomic E-state index is 13.6. The van der Waals surface area contributed by atoms with Gasteiger partial charge in [-0.05, 0) is 23.6 Å². The van der Waals surface area contributed by atoms with Gasteiger partial charge in [-0.15, -0.1) is 0 Å². The molecule has 1 N–H and O–H groups in total. The van der Waals surface area contributed by atoms with Gasteiger partial charge in [-0.1, -0.05) is 24.3 Å². The number of amides is 1. The van der Waals surface area contributed by atoms with Crippen LogP contribution in [0.1, 0.15) is 10.5 Å². The lowest BCUT2D eigenvalue weighted by molar-refractivity contribution is 0.102. The number of nitrogens with one attached hydrogen (secondary N) is 1. The Morgan fingerprint density at radius 3 is 2.67 bits per heavy atom. The van der Waals surface area contributed by atoms with Gasteiger partial charge in [0, 0.05) is 17.6 Å². The van der Waals surface area contributed by atoms with Crippen molar-refractivity contribution in [3.8, 4) is 0 Å². The van der Waals surface area contributed by atoms with Gasteiger partial charge < -0.3 is 5.32 Å². The third-order valence-corrected chi connectivity index (χ3v) is 3.07. The molecule has 0 atom stereocenters. The van der Waals surface area contributed by atoms with Gasteiger partial charge in [0.1, 0.15) is 17.3 Å². The van der Waals surface area contributed by atoms with Crippen molar-refractivity contribution in [2.45, 2.75) is 0 Å². The highest BCUT2D eigenvalue weighted by Gasteiger charge is 2.13. The molecule has 5 heteroatoms. The molecule has 0 radical (unpaired) electrons. The van der Waals surface area contributed by atoms with Crippen molar-refractivity contribution < 1.29 is 13.6 Å². The van der Waals surface area contributed by atoms with Crippen molar-refractivity contribution in [3.63, 3.8) is 0 Å².